The number of methoxy groups -OCH3 is 1. The van der Waals surface area contributed by atoms with Gasteiger partial charge in [-0.2, -0.15) is 0 Å². The summed E-state index contributed by atoms with van der Waals surface area (Å²) in [7, 11) is 1.58. The summed E-state index contributed by atoms with van der Waals surface area (Å²) in [6.45, 7) is 4.11. The Kier molecular flexibility index (Phi) is 7.60. The van der Waals surface area contributed by atoms with Crippen LogP contribution in [0.3, 0.4) is 0 Å². The van der Waals surface area contributed by atoms with Crippen LogP contribution in [0.5, 0.6) is 5.75 Å². The number of nitrogens with two attached hydrogens (primary N) is 1. The predicted molar refractivity (Wildman–Crippen MR) is 77.8 cm³/mol. The van der Waals surface area contributed by atoms with E-state index in [1.807, 2.05) is 6.92 Å². The molecule has 0 saturated heterocycles. The molecular formula is C15H24FNO4. The number of ether oxygens (including phenoxy) is 3. The minimum absolute atomic E-state index is 0.0475. The summed E-state index contributed by atoms with van der Waals surface area (Å²) in [5.74, 6) is -0.408. The van der Waals surface area contributed by atoms with Gasteiger partial charge >= 0.3 is 0 Å². The zero-order chi connectivity index (χ0) is 15.8. The zero-order valence-electron chi connectivity index (χ0n) is 12.7. The Bertz CT molecular complexity index is 428. The van der Waals surface area contributed by atoms with Crippen molar-refractivity contribution in [2.45, 2.75) is 32.1 Å². The van der Waals surface area contributed by atoms with E-state index in [4.69, 9.17) is 19.9 Å². The molecule has 21 heavy (non-hydrogen) atoms. The van der Waals surface area contributed by atoms with Crippen LogP contribution < -0.4 is 10.5 Å². The number of benzene rings is 1. The minimum atomic E-state index is -0.836. The van der Waals surface area contributed by atoms with E-state index in [-0.39, 0.29) is 31.1 Å². The van der Waals surface area contributed by atoms with E-state index >= 15 is 0 Å². The fourth-order valence-electron chi connectivity index (χ4n) is 1.71. The van der Waals surface area contributed by atoms with Gasteiger partial charge in [-0.25, -0.2) is 4.39 Å². The van der Waals surface area contributed by atoms with Crippen LogP contribution in [-0.2, 0) is 9.47 Å². The lowest BCUT2D eigenvalue weighted by atomic mass is 10.1. The summed E-state index contributed by atoms with van der Waals surface area (Å²) in [6.07, 6.45) is -0.955. The van der Waals surface area contributed by atoms with Crippen molar-refractivity contribution in [1.29, 1.82) is 0 Å². The molecule has 3 atom stereocenters. The van der Waals surface area contributed by atoms with Gasteiger partial charge in [0.1, 0.15) is 12.7 Å². The molecular weight excluding hydrogens is 277 g/mol. The van der Waals surface area contributed by atoms with Crippen molar-refractivity contribution in [1.82, 2.24) is 0 Å². The second kappa shape index (κ2) is 8.94. The first-order valence-corrected chi connectivity index (χ1v) is 6.90. The van der Waals surface area contributed by atoms with Crippen LogP contribution in [0.2, 0.25) is 0 Å². The first-order chi connectivity index (χ1) is 9.93. The van der Waals surface area contributed by atoms with Gasteiger partial charge in [-0.15, -0.1) is 0 Å². The molecule has 120 valence electrons. The first kappa shape index (κ1) is 17.8. The molecule has 0 radical (unpaired) electrons. The molecule has 0 saturated carbocycles. The van der Waals surface area contributed by atoms with E-state index in [0.29, 0.717) is 12.2 Å². The van der Waals surface area contributed by atoms with Crippen LogP contribution in [0.25, 0.3) is 0 Å². The van der Waals surface area contributed by atoms with Gasteiger partial charge in [-0.3, -0.25) is 0 Å². The number of aliphatic hydroxyl groups excluding tert-OH is 1. The highest BCUT2D eigenvalue weighted by atomic mass is 19.1. The molecule has 0 spiro atoms. The van der Waals surface area contributed by atoms with Gasteiger partial charge in [-0.05, 0) is 31.5 Å². The summed E-state index contributed by atoms with van der Waals surface area (Å²) in [5.41, 5.74) is 6.36. The van der Waals surface area contributed by atoms with Crippen LogP contribution in [0.15, 0.2) is 18.2 Å². The maximum absolute atomic E-state index is 13.8. The average Bonchev–Trinajstić information content (AvgIpc) is 2.44. The van der Waals surface area contributed by atoms with Crippen molar-refractivity contribution in [2.24, 2.45) is 5.73 Å². The summed E-state index contributed by atoms with van der Waals surface area (Å²) in [4.78, 5) is 0. The van der Waals surface area contributed by atoms with E-state index in [1.165, 1.54) is 12.1 Å². The van der Waals surface area contributed by atoms with Crippen molar-refractivity contribution in [3.63, 3.8) is 0 Å². The second-order valence-electron chi connectivity index (χ2n) is 5.04. The lowest BCUT2D eigenvalue weighted by Crippen LogP contribution is -2.27. The molecule has 0 aromatic heterocycles. The van der Waals surface area contributed by atoms with Gasteiger partial charge in [0.15, 0.2) is 11.6 Å². The fourth-order valence-corrected chi connectivity index (χ4v) is 1.71. The normalized spacial score (nSPS) is 15.5. The van der Waals surface area contributed by atoms with Crippen LogP contribution in [0, 0.1) is 5.82 Å². The van der Waals surface area contributed by atoms with Gasteiger partial charge < -0.3 is 25.1 Å². The Morgan fingerprint density at radius 2 is 1.95 bits per heavy atom. The number of rotatable bonds is 9. The second-order valence-corrected chi connectivity index (χ2v) is 5.04. The van der Waals surface area contributed by atoms with E-state index in [1.54, 1.807) is 20.1 Å². The standard InChI is InChI=1S/C15H24FNO4/c1-10(7-19-3)20-8-13(18)9-21-15-5-4-12(11(2)17)6-14(15)16/h4-6,10-11,13,18H,7-9,17H2,1-3H3/t10?,11-,13?/m0/s1. The third-order valence-electron chi connectivity index (χ3n) is 2.89. The monoisotopic (exact) mass is 301 g/mol. The van der Waals surface area contributed by atoms with Crippen molar-refractivity contribution in [3.8, 4) is 5.75 Å². The first-order valence-electron chi connectivity index (χ1n) is 6.90. The quantitative estimate of drug-likeness (QED) is 0.725. The largest absolute Gasteiger partial charge is 0.488 e. The number of aliphatic hydroxyl groups is 1. The smallest absolute Gasteiger partial charge is 0.165 e. The van der Waals surface area contributed by atoms with Gasteiger partial charge in [0.05, 0.1) is 19.3 Å². The molecule has 0 aliphatic carbocycles. The molecule has 0 fully saturated rings. The third kappa shape index (κ3) is 6.39. The Morgan fingerprint density at radius 1 is 1.24 bits per heavy atom. The van der Waals surface area contributed by atoms with Crippen LogP contribution >= 0.6 is 0 Å². The molecule has 6 heteroatoms. The molecule has 0 amide bonds. The van der Waals surface area contributed by atoms with E-state index in [9.17, 15) is 9.50 Å². The third-order valence-corrected chi connectivity index (χ3v) is 2.89. The molecule has 0 aliphatic rings. The lowest BCUT2D eigenvalue weighted by Gasteiger charge is -2.17. The molecule has 1 aromatic carbocycles. The Labute approximate surface area is 124 Å². The zero-order valence-corrected chi connectivity index (χ0v) is 12.7. The summed E-state index contributed by atoms with van der Waals surface area (Å²) < 4.78 is 29.3. The van der Waals surface area contributed by atoms with Crippen molar-refractivity contribution in [3.05, 3.63) is 29.6 Å². The van der Waals surface area contributed by atoms with Crippen LogP contribution in [0.1, 0.15) is 25.5 Å². The number of hydrogen-bond donors (Lipinski definition) is 2. The molecule has 3 N–H and O–H groups in total. The highest BCUT2D eigenvalue weighted by molar-refractivity contribution is 5.30. The topological polar surface area (TPSA) is 73.9 Å². The minimum Gasteiger partial charge on any atom is -0.488 e. The summed E-state index contributed by atoms with van der Waals surface area (Å²) in [5, 5.41) is 9.73. The lowest BCUT2D eigenvalue weighted by molar-refractivity contribution is -0.0425. The molecule has 0 heterocycles. The Hall–Kier alpha value is -1.21. The van der Waals surface area contributed by atoms with Gasteiger partial charge in [0.2, 0.25) is 0 Å². The predicted octanol–water partition coefficient (Wildman–Crippen LogP) is 1.64. The van der Waals surface area contributed by atoms with Crippen molar-refractivity contribution in [2.75, 3.05) is 26.9 Å². The fraction of sp³-hybridized carbons (Fsp3) is 0.600. The van der Waals surface area contributed by atoms with Gasteiger partial charge in [-0.1, -0.05) is 6.07 Å². The summed E-state index contributed by atoms with van der Waals surface area (Å²) >= 11 is 0. The number of halogens is 1. The Morgan fingerprint density at radius 3 is 2.52 bits per heavy atom. The molecule has 2 unspecified atom stereocenters. The Balaban J connectivity index is 2.41. The molecule has 0 aliphatic heterocycles. The van der Waals surface area contributed by atoms with E-state index in [0.717, 1.165) is 0 Å². The van der Waals surface area contributed by atoms with E-state index < -0.39 is 11.9 Å². The SMILES string of the molecule is COCC(C)OCC(O)COc1ccc([C@H](C)N)cc1F. The molecule has 1 rings (SSSR count). The van der Waals surface area contributed by atoms with Gasteiger partial charge in [0.25, 0.3) is 0 Å². The van der Waals surface area contributed by atoms with E-state index in [2.05, 4.69) is 0 Å². The van der Waals surface area contributed by atoms with Gasteiger partial charge in [0, 0.05) is 13.2 Å². The molecule has 5 nitrogen and oxygen atoms in total. The molecule has 1 aromatic rings. The maximum Gasteiger partial charge on any atom is 0.165 e. The summed E-state index contributed by atoms with van der Waals surface area (Å²) in [6, 6.07) is 4.31. The number of hydrogen-bond acceptors (Lipinski definition) is 5. The van der Waals surface area contributed by atoms with Crippen LogP contribution in [-0.4, -0.2) is 44.2 Å². The highest BCUT2D eigenvalue weighted by Crippen LogP contribution is 2.21. The van der Waals surface area contributed by atoms with Crippen molar-refractivity contribution < 1.29 is 23.7 Å². The molecule has 0 bridgehead atoms. The highest BCUT2D eigenvalue weighted by Gasteiger charge is 2.12. The van der Waals surface area contributed by atoms with Crippen molar-refractivity contribution >= 4 is 0 Å². The average molecular weight is 301 g/mol. The maximum atomic E-state index is 13.8. The van der Waals surface area contributed by atoms with Crippen LogP contribution in [0.4, 0.5) is 4.39 Å².